The van der Waals surface area contributed by atoms with Gasteiger partial charge in [-0.25, -0.2) is 9.59 Å². The average Bonchev–Trinajstić information content (AvgIpc) is 2.54. The lowest BCUT2D eigenvalue weighted by atomic mass is 9.93. The fraction of sp³-hybridized carbons (Fsp3) is 0.375. The van der Waals surface area contributed by atoms with Crippen LogP contribution in [-0.4, -0.2) is 24.2 Å². The lowest BCUT2D eigenvalue weighted by Gasteiger charge is -2.29. The number of aromatic hydroxyl groups is 1. The maximum atomic E-state index is 12.3. The number of carbonyl (C=O) groups is 2. The number of ether oxygens (including phenoxy) is 1. The highest BCUT2D eigenvalue weighted by Gasteiger charge is 2.33. The molecule has 0 fully saturated rings. The molecule has 0 spiro atoms. The van der Waals surface area contributed by atoms with E-state index in [0.717, 1.165) is 12.8 Å². The van der Waals surface area contributed by atoms with E-state index in [-0.39, 0.29) is 11.8 Å². The molecule has 1 unspecified atom stereocenters. The molecule has 0 radical (unpaired) electrons. The van der Waals surface area contributed by atoms with E-state index in [4.69, 9.17) is 4.74 Å². The van der Waals surface area contributed by atoms with Gasteiger partial charge in [0.05, 0.1) is 23.2 Å². The van der Waals surface area contributed by atoms with Crippen LogP contribution in [0.5, 0.6) is 5.75 Å². The molecule has 1 aromatic carbocycles. The Kier molecular flexibility index (Phi) is 5.65. The topological polar surface area (TPSA) is 87.7 Å². The van der Waals surface area contributed by atoms with Gasteiger partial charge in [0.25, 0.3) is 0 Å². The second-order valence-corrected chi connectivity index (χ2v) is 6.08. The van der Waals surface area contributed by atoms with Crippen LogP contribution < -0.4 is 10.6 Å². The molecule has 0 aliphatic carbocycles. The first-order valence-electron chi connectivity index (χ1n) is 7.35. The zero-order chi connectivity index (χ0) is 17.0. The highest BCUT2D eigenvalue weighted by atomic mass is 79.9. The number of nitrogens with one attached hydrogen (secondary N) is 2. The predicted molar refractivity (Wildman–Crippen MR) is 88.8 cm³/mol. The quantitative estimate of drug-likeness (QED) is 0.682. The maximum absolute atomic E-state index is 12.3. The summed E-state index contributed by atoms with van der Waals surface area (Å²) in [6, 6.07) is 3.86. The zero-order valence-corrected chi connectivity index (χ0v) is 14.6. The number of phenols is 1. The zero-order valence-electron chi connectivity index (χ0n) is 13.0. The summed E-state index contributed by atoms with van der Waals surface area (Å²) in [6.07, 6.45) is 2.38. The van der Waals surface area contributed by atoms with Gasteiger partial charge in [0.2, 0.25) is 0 Å². The molecule has 1 aliphatic rings. The van der Waals surface area contributed by atoms with Crippen molar-refractivity contribution in [2.24, 2.45) is 0 Å². The number of hydrogen-bond acceptors (Lipinski definition) is 4. The third kappa shape index (κ3) is 3.85. The Morgan fingerprint density at radius 3 is 2.78 bits per heavy atom. The summed E-state index contributed by atoms with van der Waals surface area (Å²) in [4.78, 5) is 24.2. The molecule has 23 heavy (non-hydrogen) atoms. The minimum atomic E-state index is -0.625. The fourth-order valence-corrected chi connectivity index (χ4v) is 2.87. The second-order valence-electron chi connectivity index (χ2n) is 5.23. The maximum Gasteiger partial charge on any atom is 0.337 e. The number of halogens is 1. The summed E-state index contributed by atoms with van der Waals surface area (Å²) in [5.41, 5.74) is 1.65. The Hall–Kier alpha value is -2.02. The first-order chi connectivity index (χ1) is 11.0. The third-order valence-corrected chi connectivity index (χ3v) is 4.28. The molecular weight excluding hydrogens is 364 g/mol. The Morgan fingerprint density at radius 2 is 2.17 bits per heavy atom. The van der Waals surface area contributed by atoms with Crippen molar-refractivity contribution < 1.29 is 19.4 Å². The summed E-state index contributed by atoms with van der Waals surface area (Å²) < 4.78 is 5.38. The van der Waals surface area contributed by atoms with Crippen LogP contribution in [0.1, 0.15) is 37.8 Å². The van der Waals surface area contributed by atoms with Gasteiger partial charge in [0.15, 0.2) is 0 Å². The number of esters is 1. The summed E-state index contributed by atoms with van der Waals surface area (Å²) >= 11 is 3.25. The van der Waals surface area contributed by atoms with E-state index in [9.17, 15) is 14.7 Å². The van der Waals surface area contributed by atoms with Crippen LogP contribution in [-0.2, 0) is 9.53 Å². The number of benzene rings is 1. The standard InChI is InChI=1S/C16H19BrN2O4/c1-3-4-5-11-13(15(21)23-2)14(19-16(22)18-11)9-6-7-12(20)10(17)8-9/h6-8,14,20H,3-5H2,1-2H3,(H2,18,19,22). The molecule has 2 amide bonds. The van der Waals surface area contributed by atoms with Crippen molar-refractivity contribution >= 4 is 27.9 Å². The molecule has 0 saturated carbocycles. The Bertz CT molecular complexity index is 657. The van der Waals surface area contributed by atoms with Gasteiger partial charge < -0.3 is 20.5 Å². The van der Waals surface area contributed by atoms with Gasteiger partial charge in [-0.3, -0.25) is 0 Å². The first-order valence-corrected chi connectivity index (χ1v) is 8.14. The summed E-state index contributed by atoms with van der Waals surface area (Å²) in [5.74, 6) is -0.401. The summed E-state index contributed by atoms with van der Waals surface area (Å²) in [5, 5.41) is 15.1. The van der Waals surface area contributed by atoms with Crippen molar-refractivity contribution in [3.05, 3.63) is 39.5 Å². The summed E-state index contributed by atoms with van der Waals surface area (Å²) in [7, 11) is 1.31. The van der Waals surface area contributed by atoms with Crippen LogP contribution in [0.25, 0.3) is 0 Å². The number of unbranched alkanes of at least 4 members (excludes halogenated alkanes) is 1. The lowest BCUT2D eigenvalue weighted by molar-refractivity contribution is -0.136. The van der Waals surface area contributed by atoms with Crippen LogP contribution in [0.4, 0.5) is 4.79 Å². The third-order valence-electron chi connectivity index (χ3n) is 3.64. The van der Waals surface area contributed by atoms with E-state index in [1.165, 1.54) is 13.2 Å². The van der Waals surface area contributed by atoms with Gasteiger partial charge in [0, 0.05) is 5.70 Å². The normalized spacial score (nSPS) is 17.5. The average molecular weight is 383 g/mol. The van der Waals surface area contributed by atoms with Gasteiger partial charge in [0.1, 0.15) is 5.75 Å². The molecule has 1 aromatic rings. The number of methoxy groups -OCH3 is 1. The number of allylic oxidation sites excluding steroid dienone is 1. The van der Waals surface area contributed by atoms with Crippen molar-refractivity contribution in [2.45, 2.75) is 32.2 Å². The van der Waals surface area contributed by atoms with Gasteiger partial charge in [-0.05, 0) is 46.5 Å². The Balaban J connectivity index is 2.50. The van der Waals surface area contributed by atoms with E-state index in [1.54, 1.807) is 12.1 Å². The number of carbonyl (C=O) groups excluding carboxylic acids is 2. The molecule has 0 saturated heterocycles. The Labute approximate surface area is 143 Å². The molecule has 0 bridgehead atoms. The number of phenolic OH excluding ortho intramolecular Hbond substituents is 1. The highest BCUT2D eigenvalue weighted by Crippen LogP contribution is 2.33. The van der Waals surface area contributed by atoms with E-state index < -0.39 is 12.0 Å². The number of hydrogen-bond donors (Lipinski definition) is 3. The van der Waals surface area contributed by atoms with E-state index >= 15 is 0 Å². The lowest BCUT2D eigenvalue weighted by Crippen LogP contribution is -2.45. The van der Waals surface area contributed by atoms with Gasteiger partial charge in [-0.1, -0.05) is 19.4 Å². The van der Waals surface area contributed by atoms with Crippen LogP contribution in [0.3, 0.4) is 0 Å². The minimum Gasteiger partial charge on any atom is -0.507 e. The molecule has 0 aromatic heterocycles. The molecule has 7 heteroatoms. The minimum absolute atomic E-state index is 0.0869. The number of rotatable bonds is 5. The van der Waals surface area contributed by atoms with Crippen molar-refractivity contribution in [2.75, 3.05) is 7.11 Å². The van der Waals surface area contributed by atoms with Crippen molar-refractivity contribution in [1.29, 1.82) is 0 Å². The molecule has 124 valence electrons. The van der Waals surface area contributed by atoms with Gasteiger partial charge in [-0.15, -0.1) is 0 Å². The number of urea groups is 1. The molecule has 1 heterocycles. The largest absolute Gasteiger partial charge is 0.507 e. The molecule has 6 nitrogen and oxygen atoms in total. The molecule has 1 aliphatic heterocycles. The SMILES string of the molecule is CCCCC1=C(C(=O)OC)C(c2ccc(O)c(Br)c2)NC(=O)N1. The second kappa shape index (κ2) is 7.50. The molecular formula is C16H19BrN2O4. The molecule has 3 N–H and O–H groups in total. The van der Waals surface area contributed by atoms with E-state index in [2.05, 4.69) is 26.6 Å². The van der Waals surface area contributed by atoms with Crippen molar-refractivity contribution in [3.63, 3.8) is 0 Å². The fourth-order valence-electron chi connectivity index (χ4n) is 2.47. The monoisotopic (exact) mass is 382 g/mol. The first kappa shape index (κ1) is 17.3. The van der Waals surface area contributed by atoms with Crippen molar-refractivity contribution in [1.82, 2.24) is 10.6 Å². The highest BCUT2D eigenvalue weighted by molar-refractivity contribution is 9.10. The van der Waals surface area contributed by atoms with E-state index in [0.29, 0.717) is 27.7 Å². The Morgan fingerprint density at radius 1 is 1.43 bits per heavy atom. The molecule has 1 atom stereocenters. The van der Waals surface area contributed by atoms with Gasteiger partial charge in [-0.2, -0.15) is 0 Å². The van der Waals surface area contributed by atoms with E-state index in [1.807, 2.05) is 6.92 Å². The van der Waals surface area contributed by atoms with Crippen LogP contribution >= 0.6 is 15.9 Å². The summed E-state index contributed by atoms with van der Waals surface area (Å²) in [6.45, 7) is 2.04. The number of amides is 2. The molecule has 2 rings (SSSR count). The van der Waals surface area contributed by atoms with Crippen LogP contribution in [0.15, 0.2) is 33.9 Å². The van der Waals surface area contributed by atoms with Crippen LogP contribution in [0, 0.1) is 0 Å². The predicted octanol–water partition coefficient (Wildman–Crippen LogP) is 3.13. The smallest absolute Gasteiger partial charge is 0.337 e. The van der Waals surface area contributed by atoms with Crippen LogP contribution in [0.2, 0.25) is 0 Å². The van der Waals surface area contributed by atoms with Gasteiger partial charge >= 0.3 is 12.0 Å². The van der Waals surface area contributed by atoms with Crippen molar-refractivity contribution in [3.8, 4) is 5.75 Å².